The highest BCUT2D eigenvalue weighted by molar-refractivity contribution is 7.90. The summed E-state index contributed by atoms with van der Waals surface area (Å²) in [6, 6.07) is 9.62. The molecule has 2 aliphatic rings. The van der Waals surface area contributed by atoms with E-state index in [2.05, 4.69) is 28.1 Å². The van der Waals surface area contributed by atoms with Crippen molar-refractivity contribution in [2.24, 2.45) is 0 Å². The van der Waals surface area contributed by atoms with E-state index >= 15 is 0 Å². The molecule has 0 aromatic heterocycles. The van der Waals surface area contributed by atoms with Crippen LogP contribution in [0.4, 0.5) is 11.4 Å². The van der Waals surface area contributed by atoms with Crippen molar-refractivity contribution in [1.82, 2.24) is 9.21 Å². The number of fused-ring (bicyclic) bond motifs is 1. The van der Waals surface area contributed by atoms with E-state index in [9.17, 15) is 18.0 Å². The molecule has 0 unspecified atom stereocenters. The van der Waals surface area contributed by atoms with Crippen molar-refractivity contribution < 1.29 is 18.0 Å². The van der Waals surface area contributed by atoms with Gasteiger partial charge in [-0.3, -0.25) is 9.59 Å². The molecule has 176 valence electrons. The Bertz CT molecular complexity index is 1200. The van der Waals surface area contributed by atoms with Crippen LogP contribution in [0.1, 0.15) is 47.1 Å². The van der Waals surface area contributed by atoms with Crippen LogP contribution < -0.4 is 10.2 Å². The van der Waals surface area contributed by atoms with Crippen molar-refractivity contribution in [3.8, 4) is 0 Å². The van der Waals surface area contributed by atoms with Gasteiger partial charge < -0.3 is 15.1 Å². The van der Waals surface area contributed by atoms with E-state index in [0.717, 1.165) is 48.3 Å². The number of sulfonamides is 1. The molecular weight excluding hydrogens is 440 g/mol. The molecule has 2 aromatic carbocycles. The van der Waals surface area contributed by atoms with Gasteiger partial charge >= 0.3 is 0 Å². The summed E-state index contributed by atoms with van der Waals surface area (Å²) in [5.74, 6) is -0.978. The maximum absolute atomic E-state index is 12.9. The van der Waals surface area contributed by atoms with E-state index in [1.807, 2.05) is 19.1 Å². The summed E-state index contributed by atoms with van der Waals surface area (Å²) in [4.78, 5) is 30.1. The quantitative estimate of drug-likeness (QED) is 0.723. The van der Waals surface area contributed by atoms with Gasteiger partial charge in [-0.25, -0.2) is 12.7 Å². The first-order valence-corrected chi connectivity index (χ1v) is 12.7. The predicted molar refractivity (Wildman–Crippen MR) is 128 cm³/mol. The molecule has 1 saturated heterocycles. The Balaban J connectivity index is 1.52. The molecule has 0 aliphatic carbocycles. The Morgan fingerprint density at radius 2 is 1.76 bits per heavy atom. The van der Waals surface area contributed by atoms with Crippen LogP contribution in [0, 0.1) is 6.92 Å². The second kappa shape index (κ2) is 8.79. The van der Waals surface area contributed by atoms with E-state index < -0.39 is 27.9 Å². The van der Waals surface area contributed by atoms with Gasteiger partial charge in [0.15, 0.2) is 0 Å². The van der Waals surface area contributed by atoms with Gasteiger partial charge in [0.05, 0.1) is 5.56 Å². The fourth-order valence-electron chi connectivity index (χ4n) is 4.40. The van der Waals surface area contributed by atoms with E-state index in [4.69, 9.17) is 0 Å². The number of rotatable bonds is 5. The zero-order chi connectivity index (χ0) is 23.9. The summed E-state index contributed by atoms with van der Waals surface area (Å²) in [5, 5.41) is 2.88. The lowest BCUT2D eigenvalue weighted by Gasteiger charge is -2.35. The van der Waals surface area contributed by atoms with Crippen molar-refractivity contribution in [2.45, 2.75) is 38.6 Å². The summed E-state index contributed by atoms with van der Waals surface area (Å²) in [6.07, 6.45) is 0. The molecule has 33 heavy (non-hydrogen) atoms. The first-order chi connectivity index (χ1) is 15.6. The Labute approximate surface area is 195 Å². The largest absolute Gasteiger partial charge is 0.369 e. The molecule has 0 atom stereocenters. The number of nitrogens with zero attached hydrogens (tertiary/aromatic N) is 3. The van der Waals surface area contributed by atoms with Gasteiger partial charge in [0.25, 0.3) is 21.8 Å². The van der Waals surface area contributed by atoms with E-state index in [1.165, 1.54) is 18.2 Å². The molecule has 4 rings (SSSR count). The van der Waals surface area contributed by atoms with Gasteiger partial charge in [0.2, 0.25) is 0 Å². The number of aryl methyl sites for hydroxylation is 1. The molecule has 2 aliphatic heterocycles. The second-order valence-electron chi connectivity index (χ2n) is 8.79. The summed E-state index contributed by atoms with van der Waals surface area (Å²) in [7, 11) is -3.96. The normalized spacial score (nSPS) is 18.0. The average Bonchev–Trinajstić information content (AvgIpc) is 2.99. The predicted octanol–water partition coefficient (Wildman–Crippen LogP) is 2.94. The number of amides is 2. The number of hydrogen-bond donors (Lipinski definition) is 1. The third-order valence-corrected chi connectivity index (χ3v) is 8.32. The van der Waals surface area contributed by atoms with Gasteiger partial charge in [-0.15, -0.1) is 0 Å². The van der Waals surface area contributed by atoms with E-state index in [1.54, 1.807) is 13.8 Å². The van der Waals surface area contributed by atoms with E-state index in [-0.39, 0.29) is 16.0 Å². The van der Waals surface area contributed by atoms with Crippen molar-refractivity contribution >= 4 is 33.2 Å². The third-order valence-electron chi connectivity index (χ3n) is 6.32. The summed E-state index contributed by atoms with van der Waals surface area (Å²) in [5.41, 5.74) is 3.00. The smallest absolute Gasteiger partial charge is 0.269 e. The van der Waals surface area contributed by atoms with Gasteiger partial charge in [0.1, 0.15) is 4.90 Å². The summed E-state index contributed by atoms with van der Waals surface area (Å²) >= 11 is 0. The molecule has 0 saturated carbocycles. The standard InChI is InChI=1S/C24H30N4O4S/c1-5-26-10-12-27(13-11-26)19-7-9-21(17(4)14-19)25-23(29)18-6-8-20-22(15-18)33(31,32)28(16(2)3)24(20)30/h6-9,14-16H,5,10-13H2,1-4H3,(H,25,29). The molecule has 0 spiro atoms. The minimum Gasteiger partial charge on any atom is -0.369 e. The molecule has 9 heteroatoms. The number of likely N-dealkylation sites (N-methyl/N-ethyl adjacent to an activating group) is 1. The number of piperazine rings is 1. The number of carbonyl (C=O) groups excluding carboxylic acids is 2. The highest BCUT2D eigenvalue weighted by Gasteiger charge is 2.43. The topological polar surface area (TPSA) is 90.0 Å². The molecule has 2 aromatic rings. The summed E-state index contributed by atoms with van der Waals surface area (Å²) < 4.78 is 26.5. The van der Waals surface area contributed by atoms with Crippen LogP contribution in [-0.4, -0.2) is 68.2 Å². The monoisotopic (exact) mass is 470 g/mol. The lowest BCUT2D eigenvalue weighted by molar-refractivity contribution is 0.0846. The van der Waals surface area contributed by atoms with Crippen LogP contribution in [0.2, 0.25) is 0 Å². The Morgan fingerprint density at radius 1 is 1.06 bits per heavy atom. The maximum Gasteiger partial charge on any atom is 0.269 e. The SMILES string of the molecule is CCN1CCN(c2ccc(NC(=O)c3ccc4c(c3)S(=O)(=O)N(C(C)C)C4=O)c(C)c2)CC1. The highest BCUT2D eigenvalue weighted by atomic mass is 32.2. The zero-order valence-corrected chi connectivity index (χ0v) is 20.3. The lowest BCUT2D eigenvalue weighted by Crippen LogP contribution is -2.46. The van der Waals surface area contributed by atoms with Gasteiger partial charge in [-0.05, 0) is 69.3 Å². The fourth-order valence-corrected chi connectivity index (χ4v) is 6.19. The van der Waals surface area contributed by atoms with Crippen LogP contribution >= 0.6 is 0 Å². The van der Waals surface area contributed by atoms with Gasteiger partial charge in [-0.2, -0.15) is 0 Å². The Morgan fingerprint density at radius 3 is 2.36 bits per heavy atom. The van der Waals surface area contributed by atoms with Crippen LogP contribution in [-0.2, 0) is 10.0 Å². The molecule has 1 N–H and O–H groups in total. The number of nitrogens with one attached hydrogen (secondary N) is 1. The van der Waals surface area contributed by atoms with Crippen LogP contribution in [0.5, 0.6) is 0 Å². The molecule has 0 bridgehead atoms. The Kier molecular flexibility index (Phi) is 6.20. The van der Waals surface area contributed by atoms with Crippen molar-refractivity contribution in [3.63, 3.8) is 0 Å². The van der Waals surface area contributed by atoms with Gasteiger partial charge in [0, 0.05) is 49.2 Å². The minimum atomic E-state index is -3.96. The highest BCUT2D eigenvalue weighted by Crippen LogP contribution is 2.33. The number of carbonyl (C=O) groups is 2. The van der Waals surface area contributed by atoms with Crippen molar-refractivity contribution in [2.75, 3.05) is 42.9 Å². The van der Waals surface area contributed by atoms with Crippen LogP contribution in [0.3, 0.4) is 0 Å². The van der Waals surface area contributed by atoms with Crippen LogP contribution in [0.25, 0.3) is 0 Å². The van der Waals surface area contributed by atoms with Gasteiger partial charge in [-0.1, -0.05) is 6.92 Å². The molecule has 8 nitrogen and oxygen atoms in total. The summed E-state index contributed by atoms with van der Waals surface area (Å²) in [6.45, 7) is 12.5. The molecule has 2 heterocycles. The number of benzene rings is 2. The molecule has 0 radical (unpaired) electrons. The van der Waals surface area contributed by atoms with Crippen LogP contribution in [0.15, 0.2) is 41.3 Å². The Hall–Kier alpha value is -2.91. The van der Waals surface area contributed by atoms with E-state index in [0.29, 0.717) is 5.69 Å². The number of hydrogen-bond acceptors (Lipinski definition) is 6. The fraction of sp³-hybridized carbons (Fsp3) is 0.417. The minimum absolute atomic E-state index is 0.101. The first kappa shape index (κ1) is 23.3. The second-order valence-corrected chi connectivity index (χ2v) is 10.6. The molecular formula is C24H30N4O4S. The number of anilines is 2. The molecule has 2 amide bonds. The maximum atomic E-state index is 12.9. The van der Waals surface area contributed by atoms with Crippen molar-refractivity contribution in [3.05, 3.63) is 53.1 Å². The average molecular weight is 471 g/mol. The third kappa shape index (κ3) is 4.22. The van der Waals surface area contributed by atoms with Crippen molar-refractivity contribution in [1.29, 1.82) is 0 Å². The molecule has 1 fully saturated rings. The lowest BCUT2D eigenvalue weighted by atomic mass is 10.1. The first-order valence-electron chi connectivity index (χ1n) is 11.3. The zero-order valence-electron chi connectivity index (χ0n) is 19.5.